The molecule has 0 radical (unpaired) electrons. The van der Waals surface area contributed by atoms with Crippen LogP contribution in [-0.4, -0.2) is 22.1 Å². The lowest BCUT2D eigenvalue weighted by Gasteiger charge is -2.20. The molecule has 1 aromatic carbocycles. The van der Waals surface area contributed by atoms with Crippen molar-refractivity contribution < 1.29 is 0 Å². The Labute approximate surface area is 127 Å². The van der Waals surface area contributed by atoms with Crippen molar-refractivity contribution in [1.82, 2.24) is 14.9 Å². The number of aryl methyl sites for hydroxylation is 1. The average molecular weight is 283 g/mol. The van der Waals surface area contributed by atoms with E-state index in [1.165, 1.54) is 24.8 Å². The lowest BCUT2D eigenvalue weighted by molar-refractivity contribution is 0.365. The van der Waals surface area contributed by atoms with Crippen LogP contribution in [0.2, 0.25) is 0 Å². The van der Waals surface area contributed by atoms with E-state index in [0.717, 1.165) is 19.5 Å². The van der Waals surface area contributed by atoms with Crippen LogP contribution in [0.5, 0.6) is 0 Å². The Morgan fingerprint density at radius 1 is 1.29 bits per heavy atom. The largest absolute Gasteiger partial charge is 0.337 e. The summed E-state index contributed by atoms with van der Waals surface area (Å²) in [6.07, 6.45) is 10.9. The molecule has 112 valence electrons. The minimum absolute atomic E-state index is 0.474. The fourth-order valence-electron chi connectivity index (χ4n) is 2.86. The third-order valence-electron chi connectivity index (χ3n) is 4.57. The zero-order chi connectivity index (χ0) is 14.5. The van der Waals surface area contributed by atoms with Crippen LogP contribution in [0.4, 0.5) is 0 Å². The quantitative estimate of drug-likeness (QED) is 0.806. The Hall–Kier alpha value is -1.61. The molecule has 3 nitrogen and oxygen atoms in total. The highest BCUT2D eigenvalue weighted by molar-refractivity contribution is 5.14. The van der Waals surface area contributed by atoms with E-state index in [-0.39, 0.29) is 0 Å². The van der Waals surface area contributed by atoms with Crippen molar-refractivity contribution >= 4 is 0 Å². The lowest BCUT2D eigenvalue weighted by atomic mass is 10.0. The smallest absolute Gasteiger partial charge is 0.0946 e. The monoisotopic (exact) mass is 283 g/mol. The molecule has 0 amide bonds. The zero-order valence-corrected chi connectivity index (χ0v) is 12.8. The van der Waals surface area contributed by atoms with Gasteiger partial charge in [-0.05, 0) is 38.2 Å². The first-order valence-corrected chi connectivity index (χ1v) is 7.99. The Morgan fingerprint density at radius 2 is 2.10 bits per heavy atom. The summed E-state index contributed by atoms with van der Waals surface area (Å²) < 4.78 is 2.21. The van der Waals surface area contributed by atoms with Gasteiger partial charge in [-0.25, -0.2) is 4.98 Å². The molecule has 21 heavy (non-hydrogen) atoms. The van der Waals surface area contributed by atoms with E-state index in [9.17, 15) is 0 Å². The van der Waals surface area contributed by atoms with E-state index in [1.807, 2.05) is 12.5 Å². The first-order valence-electron chi connectivity index (χ1n) is 7.99. The summed E-state index contributed by atoms with van der Waals surface area (Å²) >= 11 is 0. The van der Waals surface area contributed by atoms with Gasteiger partial charge in [0.25, 0.3) is 0 Å². The molecule has 1 fully saturated rings. The van der Waals surface area contributed by atoms with Gasteiger partial charge in [0, 0.05) is 36.9 Å². The van der Waals surface area contributed by atoms with Crippen molar-refractivity contribution in [3.8, 4) is 0 Å². The molecule has 0 aliphatic heterocycles. The Morgan fingerprint density at radius 3 is 2.76 bits per heavy atom. The minimum Gasteiger partial charge on any atom is -0.337 e. The van der Waals surface area contributed by atoms with Crippen LogP contribution in [0.3, 0.4) is 0 Å². The predicted octanol–water partition coefficient (Wildman–Crippen LogP) is 3.27. The van der Waals surface area contributed by atoms with Gasteiger partial charge in [-0.2, -0.15) is 0 Å². The molecular weight excluding hydrogens is 258 g/mol. The molecule has 1 aliphatic rings. The van der Waals surface area contributed by atoms with Crippen molar-refractivity contribution in [2.45, 2.75) is 45.2 Å². The van der Waals surface area contributed by atoms with Crippen molar-refractivity contribution in [2.24, 2.45) is 5.41 Å². The maximum absolute atomic E-state index is 4.13. The second kappa shape index (κ2) is 6.44. The number of benzene rings is 1. The third-order valence-corrected chi connectivity index (χ3v) is 4.57. The van der Waals surface area contributed by atoms with Crippen LogP contribution < -0.4 is 5.32 Å². The highest BCUT2D eigenvalue weighted by Crippen LogP contribution is 2.46. The molecule has 3 rings (SSSR count). The number of aromatic nitrogens is 2. The highest BCUT2D eigenvalue weighted by atomic mass is 15.0. The van der Waals surface area contributed by atoms with Gasteiger partial charge in [-0.1, -0.05) is 30.3 Å². The van der Waals surface area contributed by atoms with Gasteiger partial charge >= 0.3 is 0 Å². The van der Waals surface area contributed by atoms with Crippen LogP contribution in [0.1, 0.15) is 31.7 Å². The molecule has 0 spiro atoms. The molecular formula is C18H25N3. The number of imidazole rings is 1. The fourth-order valence-corrected chi connectivity index (χ4v) is 2.86. The van der Waals surface area contributed by atoms with Gasteiger partial charge < -0.3 is 9.88 Å². The van der Waals surface area contributed by atoms with Crippen LogP contribution in [0, 0.1) is 5.41 Å². The maximum atomic E-state index is 4.13. The second-order valence-corrected chi connectivity index (χ2v) is 6.54. The van der Waals surface area contributed by atoms with Gasteiger partial charge in [0.05, 0.1) is 6.33 Å². The molecule has 0 saturated heterocycles. The van der Waals surface area contributed by atoms with E-state index in [1.54, 1.807) is 0 Å². The maximum Gasteiger partial charge on any atom is 0.0946 e. The average Bonchev–Trinajstić information content (AvgIpc) is 3.08. The van der Waals surface area contributed by atoms with E-state index in [4.69, 9.17) is 0 Å². The van der Waals surface area contributed by atoms with Gasteiger partial charge in [-0.15, -0.1) is 0 Å². The summed E-state index contributed by atoms with van der Waals surface area (Å²) in [5.41, 5.74) is 1.91. The Kier molecular flexibility index (Phi) is 4.39. The number of hydrogen-bond acceptors (Lipinski definition) is 2. The summed E-state index contributed by atoms with van der Waals surface area (Å²) in [4.78, 5) is 4.13. The first kappa shape index (κ1) is 14.3. The van der Waals surface area contributed by atoms with Crippen molar-refractivity contribution in [3.05, 3.63) is 54.6 Å². The summed E-state index contributed by atoms with van der Waals surface area (Å²) in [6.45, 7) is 4.53. The van der Waals surface area contributed by atoms with Gasteiger partial charge in [0.2, 0.25) is 0 Å². The van der Waals surface area contributed by atoms with Gasteiger partial charge in [0.15, 0.2) is 0 Å². The Bertz CT molecular complexity index is 529. The standard InChI is InChI=1S/C18H25N3/c1-16(7-8-17-5-3-2-4-6-17)20-13-18(9-10-18)14-21-12-11-19-15-21/h2-6,11-12,15-16,20H,7-10,13-14H2,1H3/t16-/m1/s1. The molecule has 1 heterocycles. The first-order chi connectivity index (χ1) is 10.3. The topological polar surface area (TPSA) is 29.9 Å². The molecule has 1 aliphatic carbocycles. The van der Waals surface area contributed by atoms with Crippen LogP contribution >= 0.6 is 0 Å². The van der Waals surface area contributed by atoms with Crippen LogP contribution in [0.25, 0.3) is 0 Å². The number of nitrogens with one attached hydrogen (secondary N) is 1. The molecule has 1 N–H and O–H groups in total. The molecule has 1 saturated carbocycles. The third kappa shape index (κ3) is 4.18. The Balaban J connectivity index is 1.40. The zero-order valence-electron chi connectivity index (χ0n) is 12.8. The number of nitrogens with zero attached hydrogens (tertiary/aromatic N) is 2. The van der Waals surface area contributed by atoms with E-state index < -0.39 is 0 Å². The van der Waals surface area contributed by atoms with Gasteiger partial charge in [-0.3, -0.25) is 0 Å². The molecule has 1 aromatic heterocycles. The summed E-state index contributed by atoms with van der Waals surface area (Å²) in [5, 5.41) is 3.73. The van der Waals surface area contributed by atoms with Gasteiger partial charge in [0.1, 0.15) is 0 Å². The normalized spacial score (nSPS) is 17.6. The lowest BCUT2D eigenvalue weighted by Crippen LogP contribution is -2.34. The van der Waals surface area contributed by atoms with Crippen molar-refractivity contribution in [2.75, 3.05) is 6.54 Å². The van der Waals surface area contributed by atoms with Crippen molar-refractivity contribution in [3.63, 3.8) is 0 Å². The number of hydrogen-bond donors (Lipinski definition) is 1. The summed E-state index contributed by atoms with van der Waals surface area (Å²) in [7, 11) is 0. The summed E-state index contributed by atoms with van der Waals surface area (Å²) in [5.74, 6) is 0. The second-order valence-electron chi connectivity index (χ2n) is 6.54. The highest BCUT2D eigenvalue weighted by Gasteiger charge is 2.42. The van der Waals surface area contributed by atoms with E-state index >= 15 is 0 Å². The minimum atomic E-state index is 0.474. The summed E-state index contributed by atoms with van der Waals surface area (Å²) in [6, 6.07) is 11.3. The molecule has 0 bridgehead atoms. The van der Waals surface area contributed by atoms with Crippen LogP contribution in [-0.2, 0) is 13.0 Å². The van der Waals surface area contributed by atoms with Crippen LogP contribution in [0.15, 0.2) is 49.1 Å². The van der Waals surface area contributed by atoms with Crippen molar-refractivity contribution in [1.29, 1.82) is 0 Å². The SMILES string of the molecule is C[C@H](CCc1ccccc1)NCC1(Cn2ccnc2)CC1. The molecule has 2 aromatic rings. The fraction of sp³-hybridized carbons (Fsp3) is 0.500. The number of rotatable bonds is 8. The van der Waals surface area contributed by atoms with E-state index in [2.05, 4.69) is 58.3 Å². The molecule has 3 heteroatoms. The van der Waals surface area contributed by atoms with E-state index in [0.29, 0.717) is 11.5 Å². The molecule has 0 unspecified atom stereocenters. The predicted molar refractivity (Wildman–Crippen MR) is 86.1 cm³/mol. The molecule has 1 atom stereocenters.